The van der Waals surface area contributed by atoms with E-state index in [1.54, 1.807) is 0 Å². The van der Waals surface area contributed by atoms with E-state index < -0.39 is 5.97 Å². The van der Waals surface area contributed by atoms with Gasteiger partial charge in [-0.2, -0.15) is 0 Å². The van der Waals surface area contributed by atoms with Crippen LogP contribution >= 0.6 is 0 Å². The number of nitrogens with two attached hydrogens (primary N) is 1. The maximum Gasteiger partial charge on any atom is 0.303 e. The molecule has 1 rings (SSSR count). The lowest BCUT2D eigenvalue weighted by molar-refractivity contribution is -0.140. The molecule has 1 fully saturated rings. The highest BCUT2D eigenvalue weighted by molar-refractivity contribution is 5.67. The van der Waals surface area contributed by atoms with Gasteiger partial charge < -0.3 is 10.8 Å². The summed E-state index contributed by atoms with van der Waals surface area (Å²) in [5.41, 5.74) is 5.69. The highest BCUT2D eigenvalue weighted by Crippen LogP contribution is 2.43. The fraction of sp³-hybridized carbons (Fsp3) is 0.923. The molecule has 0 radical (unpaired) electrons. The van der Waals surface area contributed by atoms with E-state index in [4.69, 9.17) is 10.8 Å². The third kappa shape index (κ3) is 3.78. The van der Waals surface area contributed by atoms with Gasteiger partial charge in [0.1, 0.15) is 0 Å². The standard InChI is InChI=1S/C13H25NO2/c1-10(2)6-11-4-3-5-13(7-11,9-14)8-12(15)16/h10-11H,3-9,14H2,1-2H3,(H,15,16). The van der Waals surface area contributed by atoms with Crippen molar-refractivity contribution in [1.82, 2.24) is 0 Å². The van der Waals surface area contributed by atoms with Crippen molar-refractivity contribution in [1.29, 1.82) is 0 Å². The first-order chi connectivity index (χ1) is 7.47. The summed E-state index contributed by atoms with van der Waals surface area (Å²) in [6.45, 7) is 4.99. The molecule has 94 valence electrons. The Morgan fingerprint density at radius 3 is 2.75 bits per heavy atom. The molecule has 1 saturated carbocycles. The van der Waals surface area contributed by atoms with Crippen molar-refractivity contribution in [2.24, 2.45) is 23.0 Å². The predicted octanol–water partition coefficient (Wildman–Crippen LogP) is 2.64. The Hall–Kier alpha value is -0.570. The van der Waals surface area contributed by atoms with Crippen LogP contribution in [0.25, 0.3) is 0 Å². The van der Waals surface area contributed by atoms with Crippen molar-refractivity contribution in [3.63, 3.8) is 0 Å². The molecule has 16 heavy (non-hydrogen) atoms. The summed E-state index contributed by atoms with van der Waals surface area (Å²) in [6.07, 6.45) is 5.85. The average Bonchev–Trinajstić information content (AvgIpc) is 2.16. The van der Waals surface area contributed by atoms with Crippen LogP contribution in [0.1, 0.15) is 52.4 Å². The van der Waals surface area contributed by atoms with Crippen LogP contribution in [-0.4, -0.2) is 17.6 Å². The number of aliphatic carboxylic acids is 1. The van der Waals surface area contributed by atoms with Crippen LogP contribution in [0.3, 0.4) is 0 Å². The molecule has 0 bridgehead atoms. The first-order valence-electron chi connectivity index (χ1n) is 6.39. The number of carboxylic acid groups (broad SMARTS) is 1. The summed E-state index contributed by atoms with van der Waals surface area (Å²) in [4.78, 5) is 10.9. The largest absolute Gasteiger partial charge is 0.481 e. The molecular formula is C13H25NO2. The van der Waals surface area contributed by atoms with Gasteiger partial charge in [0.05, 0.1) is 6.42 Å². The predicted molar refractivity (Wildman–Crippen MR) is 65.2 cm³/mol. The molecule has 0 spiro atoms. The molecule has 3 N–H and O–H groups in total. The van der Waals surface area contributed by atoms with Crippen LogP contribution in [0, 0.1) is 17.3 Å². The monoisotopic (exact) mass is 227 g/mol. The maximum atomic E-state index is 10.9. The molecule has 3 nitrogen and oxygen atoms in total. The SMILES string of the molecule is CC(C)CC1CCCC(CN)(CC(=O)O)C1. The van der Waals surface area contributed by atoms with Gasteiger partial charge >= 0.3 is 5.97 Å². The molecule has 3 heteroatoms. The van der Waals surface area contributed by atoms with Gasteiger partial charge in [-0.1, -0.05) is 26.7 Å². The van der Waals surface area contributed by atoms with E-state index in [1.165, 1.54) is 12.8 Å². The van der Waals surface area contributed by atoms with Gasteiger partial charge in [-0.3, -0.25) is 4.79 Å². The molecule has 0 aromatic rings. The summed E-state index contributed by atoms with van der Waals surface area (Å²) in [5, 5.41) is 8.97. The molecule has 1 aliphatic rings. The van der Waals surface area contributed by atoms with E-state index in [2.05, 4.69) is 13.8 Å². The lowest BCUT2D eigenvalue weighted by atomic mass is 9.66. The number of carbonyl (C=O) groups is 1. The van der Waals surface area contributed by atoms with Gasteiger partial charge in [0.15, 0.2) is 0 Å². The van der Waals surface area contributed by atoms with Crippen LogP contribution in [-0.2, 0) is 4.79 Å². The van der Waals surface area contributed by atoms with Crippen molar-refractivity contribution < 1.29 is 9.90 Å². The summed E-state index contributed by atoms with van der Waals surface area (Å²) < 4.78 is 0. The zero-order valence-corrected chi connectivity index (χ0v) is 10.5. The van der Waals surface area contributed by atoms with E-state index >= 15 is 0 Å². The normalized spacial score (nSPS) is 30.6. The van der Waals surface area contributed by atoms with Gasteiger partial charge in [0.25, 0.3) is 0 Å². The minimum Gasteiger partial charge on any atom is -0.481 e. The molecule has 0 amide bonds. The van der Waals surface area contributed by atoms with E-state index in [0.29, 0.717) is 18.4 Å². The topological polar surface area (TPSA) is 63.3 Å². The minimum atomic E-state index is -0.698. The zero-order valence-electron chi connectivity index (χ0n) is 10.5. The highest BCUT2D eigenvalue weighted by Gasteiger charge is 2.37. The molecule has 0 aromatic carbocycles. The Balaban J connectivity index is 2.60. The van der Waals surface area contributed by atoms with Crippen molar-refractivity contribution in [3.05, 3.63) is 0 Å². The minimum absolute atomic E-state index is 0.121. The first kappa shape index (κ1) is 13.5. The molecule has 0 saturated heterocycles. The number of hydrogen-bond donors (Lipinski definition) is 2. The molecular weight excluding hydrogens is 202 g/mol. The van der Waals surface area contributed by atoms with Gasteiger partial charge in [0.2, 0.25) is 0 Å². The van der Waals surface area contributed by atoms with Crippen LogP contribution in [0.4, 0.5) is 0 Å². The number of hydrogen-bond acceptors (Lipinski definition) is 2. The van der Waals surface area contributed by atoms with Crippen molar-refractivity contribution >= 4 is 5.97 Å². The fourth-order valence-corrected chi connectivity index (χ4v) is 3.19. The zero-order chi connectivity index (χ0) is 12.2. The lowest BCUT2D eigenvalue weighted by Crippen LogP contribution is -2.38. The molecule has 0 aliphatic heterocycles. The Morgan fingerprint density at radius 1 is 1.56 bits per heavy atom. The maximum absolute atomic E-state index is 10.9. The molecule has 0 aromatic heterocycles. The van der Waals surface area contributed by atoms with Gasteiger partial charge in [0, 0.05) is 0 Å². The summed E-state index contributed by atoms with van der Waals surface area (Å²) in [6, 6.07) is 0. The Morgan fingerprint density at radius 2 is 2.25 bits per heavy atom. The fourth-order valence-electron chi connectivity index (χ4n) is 3.19. The molecule has 0 heterocycles. The molecule has 2 atom stereocenters. The van der Waals surface area contributed by atoms with Gasteiger partial charge in [-0.25, -0.2) is 0 Å². The van der Waals surface area contributed by atoms with Gasteiger partial charge in [-0.15, -0.1) is 0 Å². The Labute approximate surface area is 98.4 Å². The Kier molecular flexibility index (Phi) is 4.78. The Bertz CT molecular complexity index is 240. The third-order valence-corrected chi connectivity index (χ3v) is 3.81. The van der Waals surface area contributed by atoms with Crippen LogP contribution < -0.4 is 5.73 Å². The second kappa shape index (κ2) is 5.67. The van der Waals surface area contributed by atoms with E-state index in [9.17, 15) is 4.79 Å². The van der Waals surface area contributed by atoms with Crippen LogP contribution in [0.2, 0.25) is 0 Å². The average molecular weight is 227 g/mol. The van der Waals surface area contributed by atoms with Crippen molar-refractivity contribution in [3.8, 4) is 0 Å². The molecule has 1 aliphatic carbocycles. The molecule has 2 unspecified atom stereocenters. The second-order valence-corrected chi connectivity index (χ2v) is 5.87. The van der Waals surface area contributed by atoms with E-state index in [0.717, 1.165) is 19.3 Å². The first-order valence-corrected chi connectivity index (χ1v) is 6.39. The lowest BCUT2D eigenvalue weighted by Gasteiger charge is -2.40. The second-order valence-electron chi connectivity index (χ2n) is 5.87. The van der Waals surface area contributed by atoms with Crippen molar-refractivity contribution in [2.45, 2.75) is 52.4 Å². The van der Waals surface area contributed by atoms with Crippen LogP contribution in [0.5, 0.6) is 0 Å². The smallest absolute Gasteiger partial charge is 0.303 e. The quantitative estimate of drug-likeness (QED) is 0.759. The van der Waals surface area contributed by atoms with Crippen LogP contribution in [0.15, 0.2) is 0 Å². The number of carboxylic acids is 1. The van der Waals surface area contributed by atoms with Crippen molar-refractivity contribution in [2.75, 3.05) is 6.54 Å². The van der Waals surface area contributed by atoms with Gasteiger partial charge in [-0.05, 0) is 43.1 Å². The summed E-state index contributed by atoms with van der Waals surface area (Å²) >= 11 is 0. The van der Waals surface area contributed by atoms with E-state index in [1.807, 2.05) is 0 Å². The number of rotatable bonds is 5. The highest BCUT2D eigenvalue weighted by atomic mass is 16.4. The summed E-state index contributed by atoms with van der Waals surface area (Å²) in [7, 11) is 0. The summed E-state index contributed by atoms with van der Waals surface area (Å²) in [5.74, 6) is 0.677. The van der Waals surface area contributed by atoms with E-state index in [-0.39, 0.29) is 11.8 Å². The third-order valence-electron chi connectivity index (χ3n) is 3.81.